The van der Waals surface area contributed by atoms with Gasteiger partial charge in [0.1, 0.15) is 0 Å². The number of hydrogen-bond acceptors (Lipinski definition) is 2. The van der Waals surface area contributed by atoms with Crippen molar-refractivity contribution in [2.24, 2.45) is 0 Å². The molecule has 1 amide bonds. The highest BCUT2D eigenvalue weighted by atomic mass is 16.2. The first kappa shape index (κ1) is 9.85. The second kappa shape index (κ2) is 3.91. The van der Waals surface area contributed by atoms with Crippen molar-refractivity contribution in [3.63, 3.8) is 0 Å². The van der Waals surface area contributed by atoms with Gasteiger partial charge in [0.05, 0.1) is 0 Å². The summed E-state index contributed by atoms with van der Waals surface area (Å²) in [5.74, 6) is 0.220. The van der Waals surface area contributed by atoms with E-state index in [0.717, 1.165) is 44.7 Å². The zero-order valence-corrected chi connectivity index (χ0v) is 9.35. The van der Waals surface area contributed by atoms with Gasteiger partial charge in [0.15, 0.2) is 0 Å². The van der Waals surface area contributed by atoms with Crippen LogP contribution < -0.4 is 0 Å². The molecule has 84 valence electrons. The summed E-state index contributed by atoms with van der Waals surface area (Å²) < 4.78 is 0. The lowest BCUT2D eigenvalue weighted by atomic mass is 10.0. The molecule has 1 unspecified atom stereocenters. The minimum absolute atomic E-state index is 0.220. The van der Waals surface area contributed by atoms with Crippen molar-refractivity contribution < 1.29 is 4.79 Å². The highest BCUT2D eigenvalue weighted by Crippen LogP contribution is 2.19. The Labute approximate surface area is 95.7 Å². The Bertz CT molecular complexity index is 416. The third kappa shape index (κ3) is 1.61. The molecule has 0 aliphatic carbocycles. The number of hydrogen-bond donors (Lipinski definition) is 0. The van der Waals surface area contributed by atoms with Crippen LogP contribution in [0.1, 0.15) is 22.3 Å². The van der Waals surface area contributed by atoms with Crippen molar-refractivity contribution in [1.29, 1.82) is 0 Å². The molecular weight excluding hydrogens is 200 g/mol. The zero-order valence-electron chi connectivity index (χ0n) is 9.35. The van der Waals surface area contributed by atoms with Gasteiger partial charge in [-0.15, -0.1) is 0 Å². The fourth-order valence-electron chi connectivity index (χ4n) is 2.61. The Balaban J connectivity index is 2.07. The molecule has 0 N–H and O–H groups in total. The monoisotopic (exact) mass is 216 g/mol. The van der Waals surface area contributed by atoms with Gasteiger partial charge in [-0.3, -0.25) is 9.69 Å². The number of rotatable bonds is 0. The van der Waals surface area contributed by atoms with Crippen LogP contribution in [-0.2, 0) is 6.54 Å². The third-order valence-electron chi connectivity index (χ3n) is 3.52. The first-order chi connectivity index (χ1) is 7.84. The first-order valence-electron chi connectivity index (χ1n) is 5.94. The van der Waals surface area contributed by atoms with Crippen LogP contribution in [0.4, 0.5) is 0 Å². The molecule has 3 heteroatoms. The van der Waals surface area contributed by atoms with E-state index in [-0.39, 0.29) is 5.91 Å². The average Bonchev–Trinajstić information content (AvgIpc) is 2.50. The minimum atomic E-state index is 0.220. The second-order valence-electron chi connectivity index (χ2n) is 4.58. The van der Waals surface area contributed by atoms with Crippen molar-refractivity contribution >= 4 is 5.91 Å². The standard InChI is InChI=1S/C13H16N2O/c16-13-12-5-2-1-4-11(12)10-14-6-3-7-15(13)9-8-14/h1-2,4-5H,3,6-10H2. The lowest BCUT2D eigenvalue weighted by Crippen LogP contribution is -2.38. The molecule has 16 heavy (non-hydrogen) atoms. The Morgan fingerprint density at radius 3 is 2.81 bits per heavy atom. The molecular formula is C13H16N2O. The van der Waals surface area contributed by atoms with Gasteiger partial charge in [0.2, 0.25) is 0 Å². The number of benzene rings is 1. The molecule has 3 nitrogen and oxygen atoms in total. The maximum atomic E-state index is 12.3. The van der Waals surface area contributed by atoms with E-state index in [4.69, 9.17) is 0 Å². The fourth-order valence-corrected chi connectivity index (χ4v) is 2.61. The Morgan fingerprint density at radius 2 is 1.88 bits per heavy atom. The molecule has 0 saturated carbocycles. The predicted molar refractivity (Wildman–Crippen MR) is 62.2 cm³/mol. The van der Waals surface area contributed by atoms with E-state index < -0.39 is 0 Å². The SMILES string of the molecule is O=C1c2ccccc2CN2CCCN1CC2. The van der Waals surface area contributed by atoms with Gasteiger partial charge < -0.3 is 4.90 Å². The van der Waals surface area contributed by atoms with Crippen LogP contribution in [0.15, 0.2) is 24.3 Å². The predicted octanol–water partition coefficient (Wildman–Crippen LogP) is 1.35. The van der Waals surface area contributed by atoms with E-state index in [2.05, 4.69) is 11.0 Å². The van der Waals surface area contributed by atoms with E-state index in [1.54, 1.807) is 0 Å². The van der Waals surface area contributed by atoms with Crippen molar-refractivity contribution in [2.45, 2.75) is 13.0 Å². The topological polar surface area (TPSA) is 23.6 Å². The fraction of sp³-hybridized carbons (Fsp3) is 0.462. The lowest BCUT2D eigenvalue weighted by molar-refractivity contribution is 0.0751. The van der Waals surface area contributed by atoms with Gasteiger partial charge >= 0.3 is 0 Å². The number of amides is 1. The van der Waals surface area contributed by atoms with Crippen molar-refractivity contribution in [3.8, 4) is 0 Å². The molecule has 2 aliphatic rings. The van der Waals surface area contributed by atoms with Crippen molar-refractivity contribution in [3.05, 3.63) is 35.4 Å². The van der Waals surface area contributed by atoms with Crippen LogP contribution in [0.2, 0.25) is 0 Å². The molecule has 3 rings (SSSR count). The van der Waals surface area contributed by atoms with Gasteiger partial charge in [-0.1, -0.05) is 18.2 Å². The normalized spacial score (nSPS) is 24.6. The van der Waals surface area contributed by atoms with E-state index in [9.17, 15) is 4.79 Å². The number of fused-ring (bicyclic) bond motifs is 4. The zero-order chi connectivity index (χ0) is 11.0. The Morgan fingerprint density at radius 1 is 1.00 bits per heavy atom. The molecule has 0 aromatic heterocycles. The van der Waals surface area contributed by atoms with Gasteiger partial charge in [-0.2, -0.15) is 0 Å². The van der Waals surface area contributed by atoms with Gasteiger partial charge in [0.25, 0.3) is 5.91 Å². The minimum Gasteiger partial charge on any atom is -0.337 e. The maximum Gasteiger partial charge on any atom is 0.254 e. The summed E-state index contributed by atoms with van der Waals surface area (Å²) in [4.78, 5) is 16.8. The largest absolute Gasteiger partial charge is 0.337 e. The van der Waals surface area contributed by atoms with Crippen molar-refractivity contribution in [2.75, 3.05) is 26.2 Å². The summed E-state index contributed by atoms with van der Waals surface area (Å²) in [5, 5.41) is 0. The maximum absolute atomic E-state index is 12.3. The second-order valence-corrected chi connectivity index (χ2v) is 4.58. The molecule has 2 bridgehead atoms. The van der Waals surface area contributed by atoms with E-state index in [0.29, 0.717) is 0 Å². The molecule has 1 saturated heterocycles. The van der Waals surface area contributed by atoms with Gasteiger partial charge in [0, 0.05) is 38.3 Å². The summed E-state index contributed by atoms with van der Waals surface area (Å²) >= 11 is 0. The number of nitrogens with zero attached hydrogens (tertiary/aromatic N) is 2. The smallest absolute Gasteiger partial charge is 0.254 e. The Kier molecular flexibility index (Phi) is 2.40. The molecule has 0 spiro atoms. The van der Waals surface area contributed by atoms with Crippen LogP contribution in [0, 0.1) is 0 Å². The summed E-state index contributed by atoms with van der Waals surface area (Å²) in [6, 6.07) is 8.02. The summed E-state index contributed by atoms with van der Waals surface area (Å²) in [6.07, 6.45) is 1.10. The average molecular weight is 216 g/mol. The highest BCUT2D eigenvalue weighted by molar-refractivity contribution is 5.95. The molecule has 1 aromatic rings. The van der Waals surface area contributed by atoms with E-state index in [1.165, 1.54) is 5.56 Å². The van der Waals surface area contributed by atoms with Crippen LogP contribution in [0.3, 0.4) is 0 Å². The summed E-state index contributed by atoms with van der Waals surface area (Å²) in [6.45, 7) is 4.84. The molecule has 2 aliphatic heterocycles. The highest BCUT2D eigenvalue weighted by Gasteiger charge is 2.25. The van der Waals surface area contributed by atoms with Crippen molar-refractivity contribution in [1.82, 2.24) is 9.80 Å². The summed E-state index contributed by atoms with van der Waals surface area (Å²) in [7, 11) is 0. The molecule has 1 aromatic carbocycles. The van der Waals surface area contributed by atoms with Gasteiger partial charge in [-0.05, 0) is 18.1 Å². The van der Waals surface area contributed by atoms with E-state index in [1.807, 2.05) is 23.1 Å². The van der Waals surface area contributed by atoms with Crippen LogP contribution in [0.25, 0.3) is 0 Å². The molecule has 2 heterocycles. The third-order valence-corrected chi connectivity index (χ3v) is 3.52. The molecule has 1 atom stereocenters. The lowest BCUT2D eigenvalue weighted by Gasteiger charge is -2.27. The molecule has 1 fully saturated rings. The number of carbonyl (C=O) groups excluding carboxylic acids is 1. The first-order valence-corrected chi connectivity index (χ1v) is 5.94. The van der Waals surface area contributed by atoms with Crippen LogP contribution in [-0.4, -0.2) is 41.9 Å². The van der Waals surface area contributed by atoms with Crippen LogP contribution in [0.5, 0.6) is 0 Å². The summed E-state index contributed by atoms with van der Waals surface area (Å²) in [5.41, 5.74) is 2.08. The number of carbonyl (C=O) groups is 1. The quantitative estimate of drug-likeness (QED) is 0.653. The van der Waals surface area contributed by atoms with E-state index >= 15 is 0 Å². The van der Waals surface area contributed by atoms with Crippen LogP contribution >= 0.6 is 0 Å². The Hall–Kier alpha value is -1.35. The molecule has 0 radical (unpaired) electrons. The van der Waals surface area contributed by atoms with Gasteiger partial charge in [-0.25, -0.2) is 0 Å².